The van der Waals surface area contributed by atoms with Gasteiger partial charge in [-0.2, -0.15) is 0 Å². The Hall–Kier alpha value is -0.260. The fourth-order valence-electron chi connectivity index (χ4n) is 0.350. The van der Waals surface area contributed by atoms with Crippen LogP contribution in [-0.4, -0.2) is 0 Å². The maximum absolute atomic E-state index is 3.69. The molecule has 0 unspecified atom stereocenters. The Morgan fingerprint density at radius 2 is 2.29 bits per heavy atom. The van der Waals surface area contributed by atoms with Crippen LogP contribution in [0.1, 0.15) is 19.8 Å². The number of allylic oxidation sites excluding steroid dienone is 2. The van der Waals surface area contributed by atoms with Gasteiger partial charge in [-0.1, -0.05) is 26.0 Å². The van der Waals surface area contributed by atoms with Crippen LogP contribution in [0.5, 0.6) is 0 Å². The van der Waals surface area contributed by atoms with Crippen molar-refractivity contribution in [3.63, 3.8) is 0 Å². The minimum atomic E-state index is 1.00. The average molecular weight is 96.2 g/mol. The second-order valence-electron chi connectivity index (χ2n) is 1.40. The molecule has 40 valence electrons. The van der Waals surface area contributed by atoms with E-state index in [2.05, 4.69) is 13.0 Å². The third-order valence-corrected chi connectivity index (χ3v) is 0.699. The third kappa shape index (κ3) is 5.74. The molecule has 0 fully saturated rings. The van der Waals surface area contributed by atoms with Crippen molar-refractivity contribution in [3.05, 3.63) is 25.5 Å². The molecule has 2 radical (unpaired) electrons. The zero-order chi connectivity index (χ0) is 5.54. The van der Waals surface area contributed by atoms with Crippen molar-refractivity contribution >= 4 is 0 Å². The zero-order valence-electron chi connectivity index (χ0n) is 4.85. The molecule has 0 aliphatic rings. The summed E-state index contributed by atoms with van der Waals surface area (Å²) in [6.45, 7) is 5.71. The highest BCUT2D eigenvalue weighted by Gasteiger charge is 1.68. The first-order chi connectivity index (χ1) is 3.41. The number of hydrogen-bond donors (Lipinski definition) is 0. The van der Waals surface area contributed by atoms with E-state index in [1.54, 1.807) is 0 Å². The van der Waals surface area contributed by atoms with E-state index in [4.69, 9.17) is 0 Å². The van der Waals surface area contributed by atoms with E-state index in [1.807, 2.05) is 19.4 Å². The van der Waals surface area contributed by atoms with Gasteiger partial charge >= 0.3 is 0 Å². The molecule has 0 amide bonds. The van der Waals surface area contributed by atoms with Crippen molar-refractivity contribution in [1.82, 2.24) is 0 Å². The van der Waals surface area contributed by atoms with E-state index >= 15 is 0 Å². The second kappa shape index (κ2) is 5.74. The molecule has 0 heteroatoms. The van der Waals surface area contributed by atoms with Crippen molar-refractivity contribution in [2.24, 2.45) is 0 Å². The highest BCUT2D eigenvalue weighted by molar-refractivity contribution is 4.91. The van der Waals surface area contributed by atoms with Crippen LogP contribution >= 0.6 is 0 Å². The standard InChI is InChI=1S/C7H12/c1-3-5-7-6-4-2/h4,6-7H,1,3,5H2,2H3/b7-6+. The maximum atomic E-state index is 3.69. The molecule has 0 aromatic carbocycles. The van der Waals surface area contributed by atoms with Crippen molar-refractivity contribution in [3.8, 4) is 0 Å². The van der Waals surface area contributed by atoms with Crippen LogP contribution in [0, 0.1) is 13.3 Å². The van der Waals surface area contributed by atoms with E-state index in [9.17, 15) is 0 Å². The Labute approximate surface area is 46.2 Å². The summed E-state index contributed by atoms with van der Waals surface area (Å²) in [4.78, 5) is 0. The van der Waals surface area contributed by atoms with Crippen molar-refractivity contribution in [2.45, 2.75) is 19.8 Å². The molecule has 0 aliphatic heterocycles. The fourth-order valence-corrected chi connectivity index (χ4v) is 0.350. The summed E-state index contributed by atoms with van der Waals surface area (Å²) in [5, 5.41) is 0. The van der Waals surface area contributed by atoms with Gasteiger partial charge in [0.05, 0.1) is 0 Å². The normalized spacial score (nSPS) is 10.6. The maximum Gasteiger partial charge on any atom is -0.0202 e. The third-order valence-electron chi connectivity index (χ3n) is 0.699. The lowest BCUT2D eigenvalue weighted by Crippen LogP contribution is -1.59. The summed E-state index contributed by atoms with van der Waals surface area (Å²) < 4.78 is 0. The molecule has 0 saturated heterocycles. The second-order valence-corrected chi connectivity index (χ2v) is 1.40. The molecule has 0 atom stereocenters. The van der Waals surface area contributed by atoms with Gasteiger partial charge in [0.25, 0.3) is 0 Å². The van der Waals surface area contributed by atoms with Crippen molar-refractivity contribution < 1.29 is 0 Å². The lowest BCUT2D eigenvalue weighted by molar-refractivity contribution is 1.05. The van der Waals surface area contributed by atoms with Crippen LogP contribution in [0.25, 0.3) is 0 Å². The fraction of sp³-hybridized carbons (Fsp3) is 0.429. The Kier molecular flexibility index (Phi) is 5.53. The molecule has 0 aliphatic carbocycles. The highest BCUT2D eigenvalue weighted by atomic mass is 13.7. The summed E-state index contributed by atoms with van der Waals surface area (Å²) in [5.74, 6) is 0. The molecule has 0 N–H and O–H groups in total. The molecule has 0 saturated carbocycles. The van der Waals surface area contributed by atoms with E-state index in [0.29, 0.717) is 0 Å². The molecular formula is C7H12. The number of unbranched alkanes of at least 4 members (excludes halogenated alkanes) is 1. The first-order valence-corrected chi connectivity index (χ1v) is 2.65. The van der Waals surface area contributed by atoms with Crippen LogP contribution in [0.4, 0.5) is 0 Å². The van der Waals surface area contributed by atoms with Gasteiger partial charge in [0.15, 0.2) is 0 Å². The summed E-state index contributed by atoms with van der Waals surface area (Å²) in [6.07, 6.45) is 8.29. The predicted octanol–water partition coefficient (Wildman–Crippen LogP) is 2.38. The van der Waals surface area contributed by atoms with Crippen LogP contribution in [0.15, 0.2) is 12.2 Å². The average Bonchev–Trinajstić information content (AvgIpc) is 1.69. The SMILES string of the molecule is [CH2]CC/C=C/[CH]C. The topological polar surface area (TPSA) is 0 Å². The van der Waals surface area contributed by atoms with E-state index < -0.39 is 0 Å². The van der Waals surface area contributed by atoms with Crippen molar-refractivity contribution in [2.75, 3.05) is 0 Å². The smallest absolute Gasteiger partial charge is 0.0202 e. The van der Waals surface area contributed by atoms with E-state index in [1.165, 1.54) is 0 Å². The van der Waals surface area contributed by atoms with Gasteiger partial charge in [-0.05, 0) is 19.3 Å². The minimum Gasteiger partial charge on any atom is -0.0882 e. The van der Waals surface area contributed by atoms with Gasteiger partial charge in [-0.3, -0.25) is 0 Å². The van der Waals surface area contributed by atoms with Gasteiger partial charge in [-0.15, -0.1) is 0 Å². The van der Waals surface area contributed by atoms with Crippen molar-refractivity contribution in [1.29, 1.82) is 0 Å². The Balaban J connectivity index is 2.78. The molecule has 0 heterocycles. The summed E-state index contributed by atoms with van der Waals surface area (Å²) in [5.41, 5.74) is 0. The van der Waals surface area contributed by atoms with Gasteiger partial charge < -0.3 is 0 Å². The van der Waals surface area contributed by atoms with Crippen LogP contribution < -0.4 is 0 Å². The molecule has 7 heavy (non-hydrogen) atoms. The predicted molar refractivity (Wildman–Crippen MR) is 33.7 cm³/mol. The lowest BCUT2D eigenvalue weighted by atomic mass is 10.3. The molecule has 0 rings (SSSR count). The first-order valence-electron chi connectivity index (χ1n) is 2.65. The van der Waals surface area contributed by atoms with Crippen LogP contribution in [-0.2, 0) is 0 Å². The van der Waals surface area contributed by atoms with Crippen LogP contribution in [0.2, 0.25) is 0 Å². The molecule has 0 bridgehead atoms. The number of rotatable bonds is 3. The summed E-state index contributed by atoms with van der Waals surface area (Å²) in [7, 11) is 0. The zero-order valence-corrected chi connectivity index (χ0v) is 4.85. The molecule has 0 aromatic heterocycles. The Bertz CT molecular complexity index is 44.0. The molecular weight excluding hydrogens is 84.1 g/mol. The lowest BCUT2D eigenvalue weighted by Gasteiger charge is -1.79. The van der Waals surface area contributed by atoms with E-state index in [-0.39, 0.29) is 0 Å². The quantitative estimate of drug-likeness (QED) is 0.506. The van der Waals surface area contributed by atoms with Gasteiger partial charge in [-0.25, -0.2) is 0 Å². The molecule has 0 aromatic rings. The van der Waals surface area contributed by atoms with Crippen LogP contribution in [0.3, 0.4) is 0 Å². The largest absolute Gasteiger partial charge is 0.0882 e. The Morgan fingerprint density at radius 3 is 2.71 bits per heavy atom. The van der Waals surface area contributed by atoms with E-state index in [0.717, 1.165) is 12.8 Å². The highest BCUT2D eigenvalue weighted by Crippen LogP contribution is 1.87. The van der Waals surface area contributed by atoms with Gasteiger partial charge in [0.2, 0.25) is 0 Å². The Morgan fingerprint density at radius 1 is 1.57 bits per heavy atom. The minimum absolute atomic E-state index is 1.00. The number of hydrogen-bond acceptors (Lipinski definition) is 0. The monoisotopic (exact) mass is 96.1 g/mol. The summed E-state index contributed by atoms with van der Waals surface area (Å²) in [6, 6.07) is 0. The molecule has 0 spiro atoms. The first kappa shape index (κ1) is 6.74. The van der Waals surface area contributed by atoms with Gasteiger partial charge in [0, 0.05) is 0 Å². The summed E-state index contributed by atoms with van der Waals surface area (Å²) >= 11 is 0. The molecule has 0 nitrogen and oxygen atoms in total. The van der Waals surface area contributed by atoms with Gasteiger partial charge in [0.1, 0.15) is 0 Å².